The summed E-state index contributed by atoms with van der Waals surface area (Å²) < 4.78 is 2.90. The van der Waals surface area contributed by atoms with Crippen LogP contribution in [0.3, 0.4) is 0 Å². The summed E-state index contributed by atoms with van der Waals surface area (Å²) in [5, 5.41) is 4.31. The van der Waals surface area contributed by atoms with Crippen LogP contribution >= 0.6 is 15.9 Å². The first-order valence-electron chi connectivity index (χ1n) is 3.63. The van der Waals surface area contributed by atoms with E-state index in [0.29, 0.717) is 0 Å². The fourth-order valence-electron chi connectivity index (χ4n) is 0.783. The average Bonchev–Trinajstić information content (AvgIpc) is 2.11. The fourth-order valence-corrected chi connectivity index (χ4v) is 1.06. The van der Waals surface area contributed by atoms with Crippen molar-refractivity contribution >= 4 is 15.9 Å². The van der Waals surface area contributed by atoms with Crippen molar-refractivity contribution in [2.75, 3.05) is 0 Å². The van der Waals surface area contributed by atoms with Gasteiger partial charge in [0.05, 0.1) is 5.54 Å². The molecule has 0 fully saturated rings. The molecule has 1 aromatic heterocycles. The Hall–Kier alpha value is -0.310. The molecule has 1 aromatic rings. The number of aryl methyl sites for hydroxylation is 1. The van der Waals surface area contributed by atoms with E-state index >= 15 is 0 Å². The van der Waals surface area contributed by atoms with Gasteiger partial charge >= 0.3 is 0 Å². The van der Waals surface area contributed by atoms with Gasteiger partial charge < -0.3 is 0 Å². The van der Waals surface area contributed by atoms with Gasteiger partial charge in [-0.05, 0) is 43.6 Å². The first-order chi connectivity index (χ1) is 4.91. The van der Waals surface area contributed by atoms with Crippen LogP contribution in [0.1, 0.15) is 26.3 Å². The van der Waals surface area contributed by atoms with Crippen molar-refractivity contribution in [2.24, 2.45) is 0 Å². The third-order valence-electron chi connectivity index (χ3n) is 1.52. The van der Waals surface area contributed by atoms with Crippen LogP contribution in [0.15, 0.2) is 10.8 Å². The molecule has 0 unspecified atom stereocenters. The molecule has 0 atom stereocenters. The van der Waals surface area contributed by atoms with Gasteiger partial charge in [-0.15, -0.1) is 0 Å². The average molecular weight is 217 g/mol. The standard InChI is InChI=1S/C8H13BrN2/c1-6-5-11(8(2,3)4)10-7(6)9/h5H,1-4H3. The van der Waals surface area contributed by atoms with Crippen molar-refractivity contribution in [1.29, 1.82) is 0 Å². The van der Waals surface area contributed by atoms with Gasteiger partial charge in [0.2, 0.25) is 0 Å². The van der Waals surface area contributed by atoms with Crippen LogP contribution in [0.25, 0.3) is 0 Å². The molecule has 0 N–H and O–H groups in total. The smallest absolute Gasteiger partial charge is 0.131 e. The van der Waals surface area contributed by atoms with Crippen LogP contribution < -0.4 is 0 Å². The van der Waals surface area contributed by atoms with Crippen molar-refractivity contribution in [3.63, 3.8) is 0 Å². The lowest BCUT2D eigenvalue weighted by molar-refractivity contribution is 0.354. The number of rotatable bonds is 0. The first-order valence-corrected chi connectivity index (χ1v) is 4.43. The minimum atomic E-state index is 0.0801. The summed E-state index contributed by atoms with van der Waals surface area (Å²) in [5.74, 6) is 0. The van der Waals surface area contributed by atoms with E-state index in [1.165, 1.54) is 5.56 Å². The Balaban J connectivity index is 3.08. The highest BCUT2D eigenvalue weighted by atomic mass is 79.9. The summed E-state index contributed by atoms with van der Waals surface area (Å²) in [6.07, 6.45) is 2.05. The second-order valence-electron chi connectivity index (χ2n) is 3.72. The van der Waals surface area contributed by atoms with Gasteiger partial charge in [-0.25, -0.2) is 0 Å². The Kier molecular flexibility index (Phi) is 2.10. The summed E-state index contributed by atoms with van der Waals surface area (Å²) >= 11 is 3.38. The van der Waals surface area contributed by atoms with E-state index in [4.69, 9.17) is 0 Å². The lowest BCUT2D eigenvalue weighted by Gasteiger charge is -2.18. The fraction of sp³-hybridized carbons (Fsp3) is 0.625. The zero-order valence-corrected chi connectivity index (χ0v) is 8.94. The molecule has 0 aromatic carbocycles. The van der Waals surface area contributed by atoms with Crippen LogP contribution in [0.2, 0.25) is 0 Å². The molecule has 62 valence electrons. The summed E-state index contributed by atoms with van der Waals surface area (Å²) in [5.41, 5.74) is 1.26. The molecular weight excluding hydrogens is 204 g/mol. The zero-order chi connectivity index (χ0) is 8.65. The van der Waals surface area contributed by atoms with Crippen molar-refractivity contribution in [2.45, 2.75) is 33.2 Å². The molecular formula is C8H13BrN2. The number of nitrogens with zero attached hydrogens (tertiary/aromatic N) is 2. The summed E-state index contributed by atoms with van der Waals surface area (Å²) in [6, 6.07) is 0. The van der Waals surface area contributed by atoms with Gasteiger partial charge in [0, 0.05) is 11.8 Å². The monoisotopic (exact) mass is 216 g/mol. The first kappa shape index (κ1) is 8.78. The maximum atomic E-state index is 4.31. The third-order valence-corrected chi connectivity index (χ3v) is 2.31. The van der Waals surface area contributed by atoms with Gasteiger partial charge in [0.15, 0.2) is 0 Å². The maximum absolute atomic E-state index is 4.31. The summed E-state index contributed by atoms with van der Waals surface area (Å²) in [6.45, 7) is 8.43. The van der Waals surface area contributed by atoms with Crippen LogP contribution in [0.4, 0.5) is 0 Å². The Morgan fingerprint density at radius 1 is 1.45 bits per heavy atom. The van der Waals surface area contributed by atoms with E-state index in [1.54, 1.807) is 0 Å². The Bertz CT molecular complexity index is 238. The highest BCUT2D eigenvalue weighted by molar-refractivity contribution is 9.10. The van der Waals surface area contributed by atoms with Crippen molar-refractivity contribution in [1.82, 2.24) is 9.78 Å². The SMILES string of the molecule is Cc1cn(C(C)(C)C)nc1Br. The van der Waals surface area contributed by atoms with E-state index in [0.717, 1.165) is 4.60 Å². The number of halogens is 1. The largest absolute Gasteiger partial charge is 0.266 e. The van der Waals surface area contributed by atoms with E-state index in [-0.39, 0.29) is 5.54 Å². The maximum Gasteiger partial charge on any atom is 0.131 e. The zero-order valence-electron chi connectivity index (χ0n) is 7.35. The minimum absolute atomic E-state index is 0.0801. The number of hydrogen-bond acceptors (Lipinski definition) is 1. The topological polar surface area (TPSA) is 17.8 Å². The van der Waals surface area contributed by atoms with Gasteiger partial charge in [-0.2, -0.15) is 5.10 Å². The van der Waals surface area contributed by atoms with Gasteiger partial charge in [-0.3, -0.25) is 4.68 Å². The Morgan fingerprint density at radius 3 is 2.18 bits per heavy atom. The van der Waals surface area contributed by atoms with Gasteiger partial charge in [0.1, 0.15) is 4.60 Å². The molecule has 0 saturated heterocycles. The quantitative estimate of drug-likeness (QED) is 0.653. The van der Waals surface area contributed by atoms with Crippen molar-refractivity contribution in [3.05, 3.63) is 16.4 Å². The second kappa shape index (κ2) is 2.63. The lowest BCUT2D eigenvalue weighted by Crippen LogP contribution is -2.22. The van der Waals surface area contributed by atoms with Crippen LogP contribution in [0, 0.1) is 6.92 Å². The molecule has 0 saturated carbocycles. The molecule has 0 radical (unpaired) electrons. The van der Waals surface area contributed by atoms with E-state index in [9.17, 15) is 0 Å². The molecule has 0 aliphatic carbocycles. The predicted molar refractivity (Wildman–Crippen MR) is 49.7 cm³/mol. The molecule has 1 rings (SSSR count). The van der Waals surface area contributed by atoms with Gasteiger partial charge in [0.25, 0.3) is 0 Å². The normalized spacial score (nSPS) is 12.1. The molecule has 0 bridgehead atoms. The lowest BCUT2D eigenvalue weighted by atomic mass is 10.1. The highest BCUT2D eigenvalue weighted by Gasteiger charge is 2.14. The van der Waals surface area contributed by atoms with Gasteiger partial charge in [-0.1, -0.05) is 0 Å². The number of aromatic nitrogens is 2. The molecule has 11 heavy (non-hydrogen) atoms. The highest BCUT2D eigenvalue weighted by Crippen LogP contribution is 2.18. The summed E-state index contributed by atoms with van der Waals surface area (Å²) in [4.78, 5) is 0. The molecule has 2 nitrogen and oxygen atoms in total. The van der Waals surface area contributed by atoms with E-state index in [2.05, 4.69) is 41.8 Å². The Labute approximate surface area is 75.7 Å². The van der Waals surface area contributed by atoms with Crippen molar-refractivity contribution < 1.29 is 0 Å². The summed E-state index contributed by atoms with van der Waals surface area (Å²) in [7, 11) is 0. The molecule has 0 amide bonds. The third kappa shape index (κ3) is 1.83. The molecule has 0 spiro atoms. The predicted octanol–water partition coefficient (Wildman–Crippen LogP) is 2.71. The van der Waals surface area contributed by atoms with Crippen LogP contribution in [-0.4, -0.2) is 9.78 Å². The molecule has 0 aliphatic rings. The van der Waals surface area contributed by atoms with Crippen molar-refractivity contribution in [3.8, 4) is 0 Å². The minimum Gasteiger partial charge on any atom is -0.266 e. The molecule has 1 heterocycles. The Morgan fingerprint density at radius 2 is 2.00 bits per heavy atom. The van der Waals surface area contributed by atoms with E-state index in [1.807, 2.05) is 17.8 Å². The second-order valence-corrected chi connectivity index (χ2v) is 4.47. The van der Waals surface area contributed by atoms with Crippen LogP contribution in [0.5, 0.6) is 0 Å². The van der Waals surface area contributed by atoms with E-state index < -0.39 is 0 Å². The molecule has 0 aliphatic heterocycles. The number of hydrogen-bond donors (Lipinski definition) is 0. The van der Waals surface area contributed by atoms with Crippen LogP contribution in [-0.2, 0) is 5.54 Å². The molecule has 3 heteroatoms.